The highest BCUT2D eigenvalue weighted by Gasteiger charge is 2.04. The van der Waals surface area contributed by atoms with E-state index >= 15 is 0 Å². The van der Waals surface area contributed by atoms with Gasteiger partial charge in [0.25, 0.3) is 5.69 Å². The molecule has 3 rings (SSSR count). The molecule has 232 valence electrons. The summed E-state index contributed by atoms with van der Waals surface area (Å²) in [5, 5.41) is 21.2. The van der Waals surface area contributed by atoms with Gasteiger partial charge in [-0.15, -0.1) is 0 Å². The Kier molecular flexibility index (Phi) is 14.4. The van der Waals surface area contributed by atoms with E-state index < -0.39 is 4.92 Å². The van der Waals surface area contributed by atoms with Gasteiger partial charge in [0.2, 0.25) is 0 Å². The van der Waals surface area contributed by atoms with Crippen LogP contribution in [0, 0.1) is 10.1 Å². The molecule has 0 radical (unpaired) electrons. The summed E-state index contributed by atoms with van der Waals surface area (Å²) >= 11 is 0. The minimum Gasteiger partial charge on any atom is -0.507 e. The monoisotopic (exact) mass is 598 g/mol. The van der Waals surface area contributed by atoms with E-state index in [0.29, 0.717) is 30.1 Å². The zero-order chi connectivity index (χ0) is 31.6. The highest BCUT2D eigenvalue weighted by Crippen LogP contribution is 2.24. The van der Waals surface area contributed by atoms with E-state index in [1.165, 1.54) is 37.8 Å². The highest BCUT2D eigenvalue weighted by atomic mass is 16.6. The number of ether oxygens (including phenoxy) is 2. The largest absolute Gasteiger partial charge is 0.507 e. The van der Waals surface area contributed by atoms with Crippen LogP contribution in [0.1, 0.15) is 81.4 Å². The summed E-state index contributed by atoms with van der Waals surface area (Å²) in [6.07, 6.45) is 15.5. The minimum atomic E-state index is -0.415. The Labute approximate surface area is 259 Å². The predicted molar refractivity (Wildman–Crippen MR) is 177 cm³/mol. The zero-order valence-corrected chi connectivity index (χ0v) is 25.5. The van der Waals surface area contributed by atoms with Crippen LogP contribution in [0.5, 0.6) is 11.5 Å². The second-order valence-corrected chi connectivity index (χ2v) is 10.7. The lowest BCUT2D eigenvalue weighted by molar-refractivity contribution is -0.384. The van der Waals surface area contributed by atoms with E-state index in [4.69, 9.17) is 9.47 Å². The molecule has 0 amide bonds. The number of carbonyl (C=O) groups excluding carboxylic acids is 1. The number of non-ortho nitro benzene ring substituents is 1. The number of benzene rings is 3. The van der Waals surface area contributed by atoms with E-state index in [9.17, 15) is 20.0 Å². The van der Waals surface area contributed by atoms with Crippen molar-refractivity contribution in [1.82, 2.24) is 0 Å². The minimum absolute atomic E-state index is 0.0669. The number of rotatable bonds is 19. The number of esters is 1. The third kappa shape index (κ3) is 12.7. The number of nitro groups is 1. The van der Waals surface area contributed by atoms with Gasteiger partial charge in [0.15, 0.2) is 0 Å². The lowest BCUT2D eigenvalue weighted by atomic mass is 10.1. The number of hydrogen-bond donors (Lipinski definition) is 1. The van der Waals surface area contributed by atoms with Crippen LogP contribution in [0.3, 0.4) is 0 Å². The van der Waals surface area contributed by atoms with Crippen molar-refractivity contribution in [2.24, 2.45) is 4.99 Å². The molecule has 0 saturated carbocycles. The number of hydrogen-bond acceptors (Lipinski definition) is 7. The normalized spacial score (nSPS) is 11.2. The molecular formula is C36H42N2O6. The number of phenolic OH excluding ortho intramolecular Hbond substituents is 1. The van der Waals surface area contributed by atoms with Gasteiger partial charge in [-0.2, -0.15) is 0 Å². The first-order valence-corrected chi connectivity index (χ1v) is 15.2. The number of unbranched alkanes of at least 4 members (excludes halogenated alkanes) is 8. The van der Waals surface area contributed by atoms with Gasteiger partial charge in [0, 0.05) is 35.6 Å². The van der Waals surface area contributed by atoms with Crippen molar-refractivity contribution >= 4 is 35.7 Å². The molecule has 3 aromatic rings. The Balaban J connectivity index is 1.29. The summed E-state index contributed by atoms with van der Waals surface area (Å²) in [6.45, 7) is 6.32. The maximum absolute atomic E-state index is 11.3. The van der Waals surface area contributed by atoms with Crippen molar-refractivity contribution in [2.45, 2.75) is 64.7 Å². The number of aromatic hydroxyl groups is 1. The van der Waals surface area contributed by atoms with Gasteiger partial charge in [0.1, 0.15) is 11.5 Å². The average Bonchev–Trinajstić information content (AvgIpc) is 3.02. The Hall–Kier alpha value is -4.72. The standard InChI is InChI=1S/C36H42N2O6/c1-28(2)36(40)44-25-11-9-7-5-3-4-6-8-10-24-43-34-23-18-31(35(39)26-34)27-37-32-19-14-29(15-20-32)12-13-30-16-21-33(22-17-30)38(41)42/h12-23,26-27,39H,1,3-11,24-25H2,2H3/b13-12+,37-27?. The lowest BCUT2D eigenvalue weighted by Gasteiger charge is -2.08. The smallest absolute Gasteiger partial charge is 0.333 e. The van der Waals surface area contributed by atoms with E-state index in [0.717, 1.165) is 48.9 Å². The van der Waals surface area contributed by atoms with Crippen LogP contribution in [0.2, 0.25) is 0 Å². The van der Waals surface area contributed by atoms with Crippen LogP contribution >= 0.6 is 0 Å². The van der Waals surface area contributed by atoms with Crippen molar-refractivity contribution in [3.8, 4) is 11.5 Å². The number of nitro benzene ring substituents is 1. The molecule has 0 aliphatic rings. The number of aliphatic imine (C=N–C) groups is 1. The fraction of sp³-hybridized carbons (Fsp3) is 0.333. The number of carbonyl (C=O) groups is 1. The molecule has 0 atom stereocenters. The van der Waals surface area contributed by atoms with Crippen molar-refractivity contribution in [2.75, 3.05) is 13.2 Å². The van der Waals surface area contributed by atoms with E-state index in [2.05, 4.69) is 11.6 Å². The molecule has 0 spiro atoms. The van der Waals surface area contributed by atoms with Gasteiger partial charge in [0.05, 0.1) is 23.8 Å². The molecule has 8 heteroatoms. The Morgan fingerprint density at radius 3 is 1.93 bits per heavy atom. The Bertz CT molecular complexity index is 1410. The fourth-order valence-corrected chi connectivity index (χ4v) is 4.36. The van der Waals surface area contributed by atoms with Crippen LogP contribution in [0.15, 0.2) is 83.9 Å². The molecule has 0 aliphatic heterocycles. The summed E-state index contributed by atoms with van der Waals surface area (Å²) < 4.78 is 10.9. The third-order valence-electron chi connectivity index (χ3n) is 6.96. The Morgan fingerprint density at radius 2 is 1.39 bits per heavy atom. The molecule has 0 bridgehead atoms. The first-order valence-electron chi connectivity index (χ1n) is 15.2. The van der Waals surface area contributed by atoms with Crippen LogP contribution in [-0.2, 0) is 9.53 Å². The molecule has 0 aromatic heterocycles. The topological polar surface area (TPSA) is 111 Å². The van der Waals surface area contributed by atoms with Crippen LogP contribution in [0.25, 0.3) is 12.2 Å². The SMILES string of the molecule is C=C(C)C(=O)OCCCCCCCCCCCOc1ccc(C=Nc2ccc(/C=C/c3ccc([N+](=O)[O-])cc3)cc2)c(O)c1. The second kappa shape index (κ2) is 18.7. The third-order valence-corrected chi connectivity index (χ3v) is 6.96. The van der Waals surface area contributed by atoms with Crippen molar-refractivity contribution in [3.05, 3.63) is 106 Å². The van der Waals surface area contributed by atoms with E-state index in [1.54, 1.807) is 37.4 Å². The molecular weight excluding hydrogens is 556 g/mol. The molecule has 1 N–H and O–H groups in total. The van der Waals surface area contributed by atoms with Crippen LogP contribution in [-0.4, -0.2) is 35.4 Å². The summed E-state index contributed by atoms with van der Waals surface area (Å²) in [5.41, 5.74) is 3.71. The lowest BCUT2D eigenvalue weighted by Crippen LogP contribution is -2.05. The highest BCUT2D eigenvalue weighted by molar-refractivity contribution is 5.87. The van der Waals surface area contributed by atoms with Crippen molar-refractivity contribution in [3.63, 3.8) is 0 Å². The van der Waals surface area contributed by atoms with Gasteiger partial charge in [-0.3, -0.25) is 15.1 Å². The summed E-state index contributed by atoms with van der Waals surface area (Å²) in [4.78, 5) is 26.1. The zero-order valence-electron chi connectivity index (χ0n) is 25.5. The first kappa shape index (κ1) is 33.8. The van der Waals surface area contributed by atoms with Crippen molar-refractivity contribution < 1.29 is 24.3 Å². The maximum atomic E-state index is 11.3. The first-order chi connectivity index (χ1) is 21.3. The predicted octanol–water partition coefficient (Wildman–Crippen LogP) is 9.23. The second-order valence-electron chi connectivity index (χ2n) is 10.7. The maximum Gasteiger partial charge on any atom is 0.333 e. The molecule has 0 saturated heterocycles. The molecule has 0 unspecified atom stereocenters. The molecule has 0 fully saturated rings. The summed E-state index contributed by atoms with van der Waals surface area (Å²) in [5.74, 6) is 0.447. The van der Waals surface area contributed by atoms with Crippen molar-refractivity contribution in [1.29, 1.82) is 0 Å². The number of phenols is 1. The van der Waals surface area contributed by atoms with Gasteiger partial charge in [-0.1, -0.05) is 75.8 Å². The van der Waals surface area contributed by atoms with Gasteiger partial charge >= 0.3 is 5.97 Å². The fourth-order valence-electron chi connectivity index (χ4n) is 4.36. The summed E-state index contributed by atoms with van der Waals surface area (Å²) in [7, 11) is 0. The molecule has 0 aliphatic carbocycles. The Morgan fingerprint density at radius 1 is 0.841 bits per heavy atom. The van der Waals surface area contributed by atoms with E-state index in [-0.39, 0.29) is 17.4 Å². The molecule has 44 heavy (non-hydrogen) atoms. The quantitative estimate of drug-likeness (QED) is 0.0280. The van der Waals surface area contributed by atoms with E-state index in [1.807, 2.05) is 42.5 Å². The molecule has 0 heterocycles. The molecule has 8 nitrogen and oxygen atoms in total. The van der Waals surface area contributed by atoms with Gasteiger partial charge < -0.3 is 14.6 Å². The van der Waals surface area contributed by atoms with Gasteiger partial charge in [-0.05, 0) is 67.3 Å². The average molecular weight is 599 g/mol. The number of nitrogens with zero attached hydrogens (tertiary/aromatic N) is 2. The van der Waals surface area contributed by atoms with Gasteiger partial charge in [-0.25, -0.2) is 4.79 Å². The summed E-state index contributed by atoms with van der Waals surface area (Å²) in [6, 6.07) is 19.3. The van der Waals surface area contributed by atoms with Crippen LogP contribution < -0.4 is 4.74 Å². The van der Waals surface area contributed by atoms with Crippen LogP contribution in [0.4, 0.5) is 11.4 Å². The molecule has 3 aromatic carbocycles.